The van der Waals surface area contributed by atoms with Crippen LogP contribution in [0.1, 0.15) is 17.3 Å². The zero-order valence-electron chi connectivity index (χ0n) is 17.4. The predicted octanol–water partition coefficient (Wildman–Crippen LogP) is 2.05. The van der Waals surface area contributed by atoms with E-state index in [2.05, 4.69) is 20.6 Å². The number of carbonyl (C=O) groups is 1. The molecule has 3 heterocycles. The second-order valence-electron chi connectivity index (χ2n) is 7.09. The highest BCUT2D eigenvalue weighted by Gasteiger charge is 2.23. The van der Waals surface area contributed by atoms with E-state index in [0.717, 1.165) is 17.6 Å². The summed E-state index contributed by atoms with van der Waals surface area (Å²) >= 11 is 0. The Morgan fingerprint density at radius 3 is 2.79 bits per heavy atom. The van der Waals surface area contributed by atoms with Gasteiger partial charge in [0, 0.05) is 35.1 Å². The van der Waals surface area contributed by atoms with Crippen molar-refractivity contribution in [1.29, 1.82) is 0 Å². The van der Waals surface area contributed by atoms with E-state index in [1.807, 2.05) is 0 Å². The first-order valence-corrected chi connectivity index (χ1v) is 11.6. The summed E-state index contributed by atoms with van der Waals surface area (Å²) in [6, 6.07) is 2.32. The fourth-order valence-electron chi connectivity index (χ4n) is 3.24. The lowest BCUT2D eigenvalue weighted by atomic mass is 10.00. The molecule has 0 aliphatic heterocycles. The van der Waals surface area contributed by atoms with E-state index in [-0.39, 0.29) is 39.3 Å². The first-order valence-electron chi connectivity index (χ1n) is 9.56. The Bertz CT molecular complexity index is 1430. The van der Waals surface area contributed by atoms with E-state index in [1.165, 1.54) is 24.7 Å². The molecule has 33 heavy (non-hydrogen) atoms. The predicted molar refractivity (Wildman–Crippen MR) is 118 cm³/mol. The second kappa shape index (κ2) is 8.19. The fraction of sp³-hybridized carbons (Fsp3) is 0.158. The van der Waals surface area contributed by atoms with Gasteiger partial charge in [-0.3, -0.25) is 9.78 Å². The van der Waals surface area contributed by atoms with Crippen LogP contribution in [0.5, 0.6) is 0 Å². The Morgan fingerprint density at radius 1 is 1.33 bits per heavy atom. The van der Waals surface area contributed by atoms with Crippen LogP contribution in [0.2, 0.25) is 0 Å². The number of halogens is 1. The normalized spacial score (nSPS) is 13.1. The van der Waals surface area contributed by atoms with Crippen LogP contribution in [0.25, 0.3) is 33.4 Å². The second-order valence-corrected chi connectivity index (χ2v) is 8.86. The molecule has 172 valence electrons. The van der Waals surface area contributed by atoms with E-state index in [4.69, 9.17) is 20.6 Å². The Morgan fingerprint density at radius 2 is 2.09 bits per heavy atom. The molecule has 0 radical (unpaired) electrons. The third-order valence-corrected chi connectivity index (χ3v) is 5.08. The summed E-state index contributed by atoms with van der Waals surface area (Å²) in [7, 11) is -3.84. The van der Waals surface area contributed by atoms with Crippen LogP contribution >= 0.6 is 7.60 Å². The van der Waals surface area contributed by atoms with Gasteiger partial charge in [0.25, 0.3) is 5.91 Å². The van der Waals surface area contributed by atoms with Gasteiger partial charge >= 0.3 is 7.60 Å². The highest BCUT2D eigenvalue weighted by Crippen LogP contribution is 2.39. The van der Waals surface area contributed by atoms with Crippen LogP contribution in [0.15, 0.2) is 35.2 Å². The van der Waals surface area contributed by atoms with Crippen molar-refractivity contribution in [2.45, 2.75) is 6.92 Å². The Labute approximate surface area is 185 Å². The molecule has 0 fully saturated rings. The van der Waals surface area contributed by atoms with E-state index in [0.29, 0.717) is 17.7 Å². The Kier molecular flexibility index (Phi) is 5.52. The van der Waals surface area contributed by atoms with E-state index in [1.54, 1.807) is 6.92 Å². The van der Waals surface area contributed by atoms with Crippen LogP contribution in [0.4, 0.5) is 15.9 Å². The SMILES string of the molecule is CCNC(=O)c1cc(-c2ncc(-c3cnn(OP(C)(=O)O)c3)c3onc(N)c23)c(F)cc1N. The molecule has 0 spiro atoms. The third kappa shape index (κ3) is 4.23. The van der Waals surface area contributed by atoms with Crippen molar-refractivity contribution in [3.8, 4) is 22.4 Å². The number of nitrogens with one attached hydrogen (secondary N) is 1. The molecule has 0 bridgehead atoms. The lowest BCUT2D eigenvalue weighted by Gasteiger charge is -2.11. The van der Waals surface area contributed by atoms with E-state index < -0.39 is 19.3 Å². The zero-order valence-corrected chi connectivity index (χ0v) is 18.3. The summed E-state index contributed by atoms with van der Waals surface area (Å²) in [6.45, 7) is 3.12. The standard InChI is InChI=1S/C19H19FN7O5P/c1-3-23-19(28)11-4-10(13(20)5-14(11)21)16-15-17(31-26-18(15)22)12(7-24-16)9-6-25-27(8-9)32-33(2,29)30/h4-8H,3,21H2,1-2H3,(H2,22,26)(H,23,28)(H,29,30). The molecule has 1 amide bonds. The largest absolute Gasteiger partial charge is 0.398 e. The number of hydrogen-bond acceptors (Lipinski definition) is 9. The van der Waals surface area contributed by atoms with Crippen LogP contribution in [0.3, 0.4) is 0 Å². The summed E-state index contributed by atoms with van der Waals surface area (Å²) in [4.78, 5) is 26.9. The Balaban J connectivity index is 1.86. The van der Waals surface area contributed by atoms with Crippen molar-refractivity contribution >= 4 is 36.0 Å². The number of fused-ring (bicyclic) bond motifs is 1. The average molecular weight is 475 g/mol. The molecule has 6 N–H and O–H groups in total. The van der Waals surface area contributed by atoms with Gasteiger partial charge in [0.15, 0.2) is 11.4 Å². The first kappa shape index (κ1) is 22.2. The summed E-state index contributed by atoms with van der Waals surface area (Å²) in [5, 5.41) is 10.4. The minimum absolute atomic E-state index is 0.0249. The number of pyridine rings is 1. The van der Waals surface area contributed by atoms with Crippen LogP contribution in [-0.2, 0) is 4.57 Å². The quantitative estimate of drug-likeness (QED) is 0.238. The summed E-state index contributed by atoms with van der Waals surface area (Å²) < 4.78 is 36.5. The minimum Gasteiger partial charge on any atom is -0.398 e. The number of benzene rings is 1. The molecule has 4 rings (SSSR count). The van der Waals surface area contributed by atoms with Gasteiger partial charge < -0.3 is 30.8 Å². The van der Waals surface area contributed by atoms with Crippen molar-refractivity contribution < 1.29 is 27.8 Å². The molecule has 0 aliphatic rings. The molecule has 12 nitrogen and oxygen atoms in total. The molecular weight excluding hydrogens is 456 g/mol. The molecular formula is C19H19FN7O5P. The topological polar surface area (TPSA) is 184 Å². The monoisotopic (exact) mass is 475 g/mol. The molecule has 4 aromatic rings. The number of nitrogen functional groups attached to an aromatic ring is 2. The van der Waals surface area contributed by atoms with E-state index in [9.17, 15) is 18.6 Å². The molecule has 3 aromatic heterocycles. The molecule has 14 heteroatoms. The molecule has 1 unspecified atom stereocenters. The van der Waals surface area contributed by atoms with Crippen LogP contribution < -0.4 is 21.4 Å². The first-order chi connectivity index (χ1) is 15.6. The van der Waals surface area contributed by atoms with Crippen molar-refractivity contribution in [3.63, 3.8) is 0 Å². The van der Waals surface area contributed by atoms with Gasteiger partial charge in [0.05, 0.1) is 35.7 Å². The van der Waals surface area contributed by atoms with Crippen molar-refractivity contribution in [2.24, 2.45) is 0 Å². The maximum atomic E-state index is 14.9. The lowest BCUT2D eigenvalue weighted by molar-refractivity contribution is 0.0956. The van der Waals surface area contributed by atoms with Gasteiger partial charge in [-0.1, -0.05) is 10.0 Å². The molecule has 1 aromatic carbocycles. The highest BCUT2D eigenvalue weighted by atomic mass is 31.2. The smallest absolute Gasteiger partial charge is 0.394 e. The van der Waals surface area contributed by atoms with Crippen LogP contribution in [0, 0.1) is 5.82 Å². The highest BCUT2D eigenvalue weighted by molar-refractivity contribution is 7.52. The van der Waals surface area contributed by atoms with Gasteiger partial charge in [0.1, 0.15) is 5.82 Å². The van der Waals surface area contributed by atoms with E-state index >= 15 is 0 Å². The lowest BCUT2D eigenvalue weighted by Crippen LogP contribution is -2.24. The van der Waals surface area contributed by atoms with Gasteiger partial charge in [-0.05, 0) is 19.1 Å². The van der Waals surface area contributed by atoms with Gasteiger partial charge in [-0.25, -0.2) is 8.96 Å². The maximum absolute atomic E-state index is 14.9. The Hall–Kier alpha value is -3.96. The maximum Gasteiger partial charge on any atom is 0.394 e. The number of nitrogens with two attached hydrogens (primary N) is 2. The summed E-state index contributed by atoms with van der Waals surface area (Å²) in [5.41, 5.74) is 12.9. The van der Waals surface area contributed by atoms with Crippen molar-refractivity contribution in [1.82, 2.24) is 25.4 Å². The number of rotatable bonds is 6. The van der Waals surface area contributed by atoms with Gasteiger partial charge in [-0.2, -0.15) is 0 Å². The number of carbonyl (C=O) groups excluding carboxylic acids is 1. The summed E-state index contributed by atoms with van der Waals surface area (Å²) in [5.74, 6) is -1.24. The molecule has 0 saturated heterocycles. The molecule has 0 aliphatic carbocycles. The van der Waals surface area contributed by atoms with Gasteiger partial charge in [-0.15, -0.1) is 5.10 Å². The number of aromatic nitrogens is 4. The van der Waals surface area contributed by atoms with Crippen LogP contribution in [-0.4, -0.2) is 44.1 Å². The van der Waals surface area contributed by atoms with Crippen molar-refractivity contribution in [3.05, 3.63) is 42.1 Å². The average Bonchev–Trinajstić information content (AvgIpc) is 3.34. The number of nitrogens with zero attached hydrogens (tertiary/aromatic N) is 4. The van der Waals surface area contributed by atoms with Gasteiger partial charge in [0.2, 0.25) is 0 Å². The minimum atomic E-state index is -3.84. The molecule has 1 atom stereocenters. The number of hydrogen-bond donors (Lipinski definition) is 4. The summed E-state index contributed by atoms with van der Waals surface area (Å²) in [6.07, 6.45) is 4.05. The fourth-order valence-corrected chi connectivity index (χ4v) is 3.64. The zero-order chi connectivity index (χ0) is 23.9. The van der Waals surface area contributed by atoms with Crippen molar-refractivity contribution in [2.75, 3.05) is 24.7 Å². The number of anilines is 2. The third-order valence-electron chi connectivity index (χ3n) is 4.61. The number of amides is 1. The molecule has 0 saturated carbocycles.